The minimum atomic E-state index is 1.20. The Kier molecular flexibility index (Phi) is 8.69. The lowest BCUT2D eigenvalue weighted by Gasteiger charge is -2.20. The summed E-state index contributed by atoms with van der Waals surface area (Å²) >= 11 is 0. The van der Waals surface area contributed by atoms with Crippen LogP contribution in [-0.4, -0.2) is 0 Å². The molecule has 12 aromatic rings. The van der Waals surface area contributed by atoms with E-state index < -0.39 is 0 Å². The molecule has 0 unspecified atom stereocenters. The van der Waals surface area contributed by atoms with Crippen LogP contribution in [0.3, 0.4) is 0 Å². The van der Waals surface area contributed by atoms with E-state index in [1.54, 1.807) is 0 Å². The van der Waals surface area contributed by atoms with E-state index in [1.165, 1.54) is 143 Å². The molecule has 14 rings (SSSR count). The zero-order valence-corrected chi connectivity index (χ0v) is 37.2. The molecule has 0 aromatic heterocycles. The largest absolute Gasteiger partial charge is 0.0622 e. The Hall–Kier alpha value is -8.84. The van der Waals surface area contributed by atoms with Crippen LogP contribution in [0.1, 0.15) is 33.4 Å². The third-order valence-electron chi connectivity index (χ3n) is 14.5. The van der Waals surface area contributed by atoms with Crippen LogP contribution in [0.4, 0.5) is 0 Å². The minimum absolute atomic E-state index is 1.20. The predicted octanol–water partition coefficient (Wildman–Crippen LogP) is 18.1. The maximum Gasteiger partial charge on any atom is -0.000137 e. The van der Waals surface area contributed by atoms with E-state index in [0.717, 1.165) is 0 Å². The van der Waals surface area contributed by atoms with Crippen LogP contribution in [0.25, 0.3) is 104 Å². The predicted molar refractivity (Wildman–Crippen MR) is 290 cm³/mol. The van der Waals surface area contributed by atoms with Crippen molar-refractivity contribution in [2.45, 2.75) is 0 Å². The van der Waals surface area contributed by atoms with Gasteiger partial charge in [0.2, 0.25) is 0 Å². The van der Waals surface area contributed by atoms with Crippen molar-refractivity contribution < 1.29 is 0 Å². The lowest BCUT2D eigenvalue weighted by Crippen LogP contribution is -1.97. The summed E-state index contributed by atoms with van der Waals surface area (Å²) in [4.78, 5) is 0. The highest BCUT2D eigenvalue weighted by Crippen LogP contribution is 2.63. The smallest absolute Gasteiger partial charge is 0.000137 e. The van der Waals surface area contributed by atoms with Crippen molar-refractivity contribution in [2.24, 2.45) is 0 Å². The maximum atomic E-state index is 2.54. The molecular formula is C68H42. The van der Waals surface area contributed by atoms with E-state index in [1.807, 2.05) is 0 Å². The van der Waals surface area contributed by atoms with Crippen LogP contribution < -0.4 is 0 Å². The number of benzene rings is 12. The van der Waals surface area contributed by atoms with E-state index in [-0.39, 0.29) is 0 Å². The SMILES string of the molecule is c1ccc(C2=C3C(c4ccc5ccccc5c4)=C(c4ccc5ccccc5c4)C(c4ccc5ccccc5c4)=C3c3cc(-c4ccc5ccccc5c4)c(-c4ccc5ccccc5c4)cc32)cc1. The summed E-state index contributed by atoms with van der Waals surface area (Å²) in [7, 11) is 0. The molecule has 0 radical (unpaired) electrons. The van der Waals surface area contributed by atoms with Crippen LogP contribution in [-0.2, 0) is 0 Å². The molecule has 0 aliphatic heterocycles. The molecular weight excluding hydrogens is 817 g/mol. The Labute approximate surface area is 395 Å². The fourth-order valence-electron chi connectivity index (χ4n) is 11.3. The fourth-order valence-corrected chi connectivity index (χ4v) is 11.3. The van der Waals surface area contributed by atoms with Crippen molar-refractivity contribution in [3.05, 3.63) is 294 Å². The van der Waals surface area contributed by atoms with Crippen molar-refractivity contribution in [2.75, 3.05) is 0 Å². The molecule has 0 bridgehead atoms. The lowest BCUT2D eigenvalue weighted by atomic mass is 9.83. The van der Waals surface area contributed by atoms with Gasteiger partial charge in [0.25, 0.3) is 0 Å². The van der Waals surface area contributed by atoms with Gasteiger partial charge in [-0.1, -0.05) is 212 Å². The fraction of sp³-hybridized carbons (Fsp3) is 0. The van der Waals surface area contributed by atoms with E-state index in [2.05, 4.69) is 255 Å². The van der Waals surface area contributed by atoms with Gasteiger partial charge in [0, 0.05) is 0 Å². The first-order chi connectivity index (χ1) is 33.7. The third kappa shape index (κ3) is 6.15. The molecule has 2 aliphatic carbocycles. The Morgan fingerprint density at radius 1 is 0.132 bits per heavy atom. The molecule has 0 saturated carbocycles. The van der Waals surface area contributed by atoms with E-state index in [4.69, 9.17) is 0 Å². The number of allylic oxidation sites excluding steroid dienone is 5. The molecule has 2 aliphatic rings. The van der Waals surface area contributed by atoms with Crippen molar-refractivity contribution >= 4 is 81.7 Å². The first-order valence-electron chi connectivity index (χ1n) is 23.6. The molecule has 0 N–H and O–H groups in total. The summed E-state index contributed by atoms with van der Waals surface area (Å²) in [5.41, 5.74) is 19.8. The van der Waals surface area contributed by atoms with Gasteiger partial charge in [0.1, 0.15) is 0 Å². The molecule has 314 valence electrons. The average Bonchev–Trinajstić information content (AvgIpc) is 3.92. The first kappa shape index (κ1) is 38.4. The highest BCUT2D eigenvalue weighted by Gasteiger charge is 2.41. The number of hydrogen-bond acceptors (Lipinski definition) is 0. The van der Waals surface area contributed by atoms with E-state index in [0.29, 0.717) is 0 Å². The van der Waals surface area contributed by atoms with Crippen molar-refractivity contribution in [1.29, 1.82) is 0 Å². The molecule has 0 fully saturated rings. The van der Waals surface area contributed by atoms with Gasteiger partial charge in [-0.05, 0) is 185 Å². The molecule has 0 saturated heterocycles. The number of fused-ring (bicyclic) bond motifs is 8. The molecule has 0 heterocycles. The highest BCUT2D eigenvalue weighted by molar-refractivity contribution is 6.40. The van der Waals surface area contributed by atoms with Gasteiger partial charge in [-0.15, -0.1) is 0 Å². The van der Waals surface area contributed by atoms with Gasteiger partial charge in [-0.2, -0.15) is 0 Å². The van der Waals surface area contributed by atoms with Crippen LogP contribution in [0.5, 0.6) is 0 Å². The summed E-state index contributed by atoms with van der Waals surface area (Å²) in [6.07, 6.45) is 0. The zero-order chi connectivity index (χ0) is 44.7. The summed E-state index contributed by atoms with van der Waals surface area (Å²) in [5, 5.41) is 12.3. The van der Waals surface area contributed by atoms with E-state index in [9.17, 15) is 0 Å². The van der Waals surface area contributed by atoms with Gasteiger partial charge in [-0.25, -0.2) is 0 Å². The van der Waals surface area contributed by atoms with Gasteiger partial charge in [-0.3, -0.25) is 0 Å². The molecule has 12 aromatic carbocycles. The summed E-state index contributed by atoms with van der Waals surface area (Å²) in [5.74, 6) is 0. The molecule has 68 heavy (non-hydrogen) atoms. The lowest BCUT2D eigenvalue weighted by molar-refractivity contribution is 1.52. The Balaban J connectivity index is 1.16. The van der Waals surface area contributed by atoms with Crippen LogP contribution in [0.2, 0.25) is 0 Å². The van der Waals surface area contributed by atoms with Gasteiger partial charge < -0.3 is 0 Å². The molecule has 0 spiro atoms. The quantitative estimate of drug-likeness (QED) is 0.156. The normalized spacial score (nSPS) is 13.4. The van der Waals surface area contributed by atoms with E-state index >= 15 is 0 Å². The van der Waals surface area contributed by atoms with Gasteiger partial charge in [0.05, 0.1) is 0 Å². The van der Waals surface area contributed by atoms with Gasteiger partial charge >= 0.3 is 0 Å². The van der Waals surface area contributed by atoms with Crippen molar-refractivity contribution in [3.8, 4) is 22.3 Å². The van der Waals surface area contributed by atoms with Crippen molar-refractivity contribution in [1.82, 2.24) is 0 Å². The average molecular weight is 859 g/mol. The summed E-state index contributed by atoms with van der Waals surface area (Å²) < 4.78 is 0. The standard InChI is InChI=1S/C68H42/c1-2-19-48(20-3-1)63-61-41-59(54-31-26-43-14-4-9-21-49(43)36-54)60(55-32-27-44-15-5-10-22-50(44)37-55)42-62(61)67-65(57-34-29-46-17-7-12-24-52(46)39-57)64(56-33-28-45-16-6-11-23-51(45)38-56)66(68(63)67)58-35-30-47-18-8-13-25-53(47)40-58/h1-42H. The second-order valence-electron chi connectivity index (χ2n) is 18.4. The maximum absolute atomic E-state index is 2.54. The van der Waals surface area contributed by atoms with Crippen molar-refractivity contribution in [3.63, 3.8) is 0 Å². The Morgan fingerprint density at radius 3 is 0.794 bits per heavy atom. The topological polar surface area (TPSA) is 0 Å². The summed E-state index contributed by atoms with van der Waals surface area (Å²) in [6, 6.07) is 95.2. The first-order valence-corrected chi connectivity index (χ1v) is 23.6. The summed E-state index contributed by atoms with van der Waals surface area (Å²) in [6.45, 7) is 0. The van der Waals surface area contributed by atoms with Gasteiger partial charge in [0.15, 0.2) is 0 Å². The highest BCUT2D eigenvalue weighted by atomic mass is 14.4. The Morgan fingerprint density at radius 2 is 0.412 bits per heavy atom. The number of rotatable bonds is 6. The van der Waals surface area contributed by atoms with Crippen LogP contribution in [0.15, 0.2) is 260 Å². The van der Waals surface area contributed by atoms with Crippen LogP contribution >= 0.6 is 0 Å². The monoisotopic (exact) mass is 858 g/mol. The second-order valence-corrected chi connectivity index (χ2v) is 18.4. The van der Waals surface area contributed by atoms with Crippen LogP contribution in [0, 0.1) is 0 Å². The molecule has 0 nitrogen and oxygen atoms in total. The minimum Gasteiger partial charge on any atom is -0.0622 e. The molecule has 0 atom stereocenters. The molecule has 0 amide bonds. The zero-order valence-electron chi connectivity index (χ0n) is 37.2. The number of hydrogen-bond donors (Lipinski definition) is 0. The Bertz CT molecular complexity index is 4180. The molecule has 0 heteroatoms. The third-order valence-corrected chi connectivity index (χ3v) is 14.5. The second kappa shape index (κ2) is 15.4.